The zero-order chi connectivity index (χ0) is 14.5. The first-order valence-electron chi connectivity index (χ1n) is 5.92. The van der Waals surface area contributed by atoms with Gasteiger partial charge in [0, 0.05) is 26.2 Å². The summed E-state index contributed by atoms with van der Waals surface area (Å²) >= 11 is 0. The lowest BCUT2D eigenvalue weighted by Gasteiger charge is -2.21. The predicted molar refractivity (Wildman–Crippen MR) is 67.6 cm³/mol. The molecule has 1 aromatic carbocycles. The Morgan fingerprint density at radius 2 is 2.05 bits per heavy atom. The molecule has 0 aliphatic carbocycles. The summed E-state index contributed by atoms with van der Waals surface area (Å²) in [6.45, 7) is 1.40. The molecular weight excluding hydrogens is 257 g/mol. The van der Waals surface area contributed by atoms with Crippen LogP contribution >= 0.6 is 0 Å². The number of alkyl halides is 3. The summed E-state index contributed by atoms with van der Waals surface area (Å²) in [4.78, 5) is 1.87. The summed E-state index contributed by atoms with van der Waals surface area (Å²) in [5.74, 6) is 0. The van der Waals surface area contributed by atoms with Crippen molar-refractivity contribution in [3.63, 3.8) is 0 Å². The highest BCUT2D eigenvalue weighted by molar-refractivity contribution is 5.25. The van der Waals surface area contributed by atoms with Crippen LogP contribution in [0.1, 0.15) is 11.1 Å². The van der Waals surface area contributed by atoms with Crippen LogP contribution in [0.15, 0.2) is 24.3 Å². The molecule has 0 saturated heterocycles. The first kappa shape index (κ1) is 15.9. The fourth-order valence-electron chi connectivity index (χ4n) is 1.89. The molecule has 0 aliphatic rings. The molecule has 0 bridgehead atoms. The van der Waals surface area contributed by atoms with Crippen molar-refractivity contribution in [2.24, 2.45) is 5.73 Å². The van der Waals surface area contributed by atoms with Crippen LogP contribution < -0.4 is 5.73 Å². The highest BCUT2D eigenvalue weighted by Gasteiger charge is 2.30. The van der Waals surface area contributed by atoms with Crippen LogP contribution in [0, 0.1) is 0 Å². The van der Waals surface area contributed by atoms with Crippen molar-refractivity contribution in [3.05, 3.63) is 35.4 Å². The van der Waals surface area contributed by atoms with E-state index in [4.69, 9.17) is 10.5 Å². The van der Waals surface area contributed by atoms with Crippen molar-refractivity contribution in [2.45, 2.75) is 18.8 Å². The smallest absolute Gasteiger partial charge is 0.383 e. The Morgan fingerprint density at radius 1 is 1.37 bits per heavy atom. The average molecular weight is 276 g/mol. The molecule has 0 amide bonds. The van der Waals surface area contributed by atoms with Gasteiger partial charge in [-0.1, -0.05) is 18.2 Å². The topological polar surface area (TPSA) is 38.5 Å². The van der Waals surface area contributed by atoms with Gasteiger partial charge in [0.1, 0.15) is 0 Å². The number of nitrogens with zero attached hydrogens (tertiary/aromatic N) is 1. The molecule has 1 rings (SSSR count). The molecule has 0 spiro atoms. The maximum absolute atomic E-state index is 12.6. The molecule has 0 fully saturated rings. The van der Waals surface area contributed by atoms with Crippen molar-refractivity contribution < 1.29 is 17.9 Å². The summed E-state index contributed by atoms with van der Waals surface area (Å²) in [6, 6.07) is 5.17. The Balaban J connectivity index is 2.62. The van der Waals surface area contributed by atoms with E-state index in [9.17, 15) is 13.2 Å². The second-order valence-corrected chi connectivity index (χ2v) is 4.61. The Labute approximate surface area is 111 Å². The number of hydrogen-bond donors (Lipinski definition) is 1. The number of halogens is 3. The van der Waals surface area contributed by atoms with E-state index in [2.05, 4.69) is 0 Å². The maximum atomic E-state index is 12.6. The molecule has 0 radical (unpaired) electrons. The molecule has 2 N–H and O–H groups in total. The lowest BCUT2D eigenvalue weighted by molar-refractivity contribution is -0.137. The van der Waals surface area contributed by atoms with E-state index < -0.39 is 11.7 Å². The van der Waals surface area contributed by atoms with Crippen LogP contribution in [-0.2, 0) is 17.5 Å². The number of nitrogens with two attached hydrogens (primary N) is 1. The standard InChI is InChI=1S/C13H19F3N2O/c1-18(8-12(17)9-19-2)7-10-4-3-5-11(6-10)13(14,15)16/h3-6,12H,7-9,17H2,1-2H3. The first-order valence-corrected chi connectivity index (χ1v) is 5.92. The molecule has 108 valence electrons. The number of benzene rings is 1. The van der Waals surface area contributed by atoms with Crippen LogP contribution in [0.5, 0.6) is 0 Å². The lowest BCUT2D eigenvalue weighted by atomic mass is 10.1. The molecule has 3 nitrogen and oxygen atoms in total. The number of ether oxygens (including phenoxy) is 1. The zero-order valence-electron chi connectivity index (χ0n) is 11.1. The highest BCUT2D eigenvalue weighted by atomic mass is 19.4. The third-order valence-corrected chi connectivity index (χ3v) is 2.63. The van der Waals surface area contributed by atoms with Gasteiger partial charge in [0.05, 0.1) is 12.2 Å². The quantitative estimate of drug-likeness (QED) is 0.865. The van der Waals surface area contributed by atoms with Crippen molar-refractivity contribution in [1.29, 1.82) is 0 Å². The van der Waals surface area contributed by atoms with Crippen molar-refractivity contribution >= 4 is 0 Å². The van der Waals surface area contributed by atoms with Crippen molar-refractivity contribution in [3.8, 4) is 0 Å². The van der Waals surface area contributed by atoms with E-state index in [0.29, 0.717) is 25.3 Å². The van der Waals surface area contributed by atoms with Gasteiger partial charge in [-0.3, -0.25) is 0 Å². The molecule has 19 heavy (non-hydrogen) atoms. The molecule has 1 unspecified atom stereocenters. The van der Waals surface area contributed by atoms with E-state index in [-0.39, 0.29) is 6.04 Å². The third-order valence-electron chi connectivity index (χ3n) is 2.63. The van der Waals surface area contributed by atoms with Crippen LogP contribution in [0.25, 0.3) is 0 Å². The molecule has 6 heteroatoms. The summed E-state index contributed by atoms with van der Waals surface area (Å²) in [5, 5.41) is 0. The van der Waals surface area contributed by atoms with Gasteiger partial charge >= 0.3 is 6.18 Å². The van der Waals surface area contributed by atoms with Gasteiger partial charge in [-0.25, -0.2) is 0 Å². The van der Waals surface area contributed by atoms with Gasteiger partial charge in [0.15, 0.2) is 0 Å². The van der Waals surface area contributed by atoms with Gasteiger partial charge in [-0.2, -0.15) is 13.2 Å². The summed E-state index contributed by atoms with van der Waals surface area (Å²) in [6.07, 6.45) is -4.30. The first-order chi connectivity index (χ1) is 8.82. The number of hydrogen-bond acceptors (Lipinski definition) is 3. The van der Waals surface area contributed by atoms with Crippen LogP contribution in [-0.4, -0.2) is 38.3 Å². The second-order valence-electron chi connectivity index (χ2n) is 4.61. The van der Waals surface area contributed by atoms with E-state index in [1.165, 1.54) is 12.1 Å². The monoisotopic (exact) mass is 276 g/mol. The van der Waals surface area contributed by atoms with Crippen molar-refractivity contribution in [1.82, 2.24) is 4.90 Å². The zero-order valence-corrected chi connectivity index (χ0v) is 11.1. The lowest BCUT2D eigenvalue weighted by Crippen LogP contribution is -2.38. The van der Waals surface area contributed by atoms with E-state index in [1.54, 1.807) is 13.2 Å². The van der Waals surface area contributed by atoms with E-state index in [1.807, 2.05) is 11.9 Å². The third kappa shape index (κ3) is 5.59. The summed E-state index contributed by atoms with van der Waals surface area (Å²) in [5.41, 5.74) is 5.78. The van der Waals surface area contributed by atoms with Gasteiger partial charge in [-0.15, -0.1) is 0 Å². The molecular formula is C13H19F3N2O. The average Bonchev–Trinajstić information content (AvgIpc) is 2.28. The molecule has 1 aromatic rings. The SMILES string of the molecule is COCC(N)CN(C)Cc1cccc(C(F)(F)F)c1. The minimum absolute atomic E-state index is 0.152. The maximum Gasteiger partial charge on any atom is 0.416 e. The largest absolute Gasteiger partial charge is 0.416 e. The molecule has 1 atom stereocenters. The second kappa shape index (κ2) is 6.88. The van der Waals surface area contributed by atoms with Gasteiger partial charge in [0.2, 0.25) is 0 Å². The molecule has 0 aromatic heterocycles. The number of rotatable bonds is 6. The number of methoxy groups -OCH3 is 1. The Hall–Kier alpha value is -1.11. The van der Waals surface area contributed by atoms with E-state index in [0.717, 1.165) is 6.07 Å². The van der Waals surface area contributed by atoms with Crippen LogP contribution in [0.3, 0.4) is 0 Å². The summed E-state index contributed by atoms with van der Waals surface area (Å²) < 4.78 is 42.6. The Kier molecular flexibility index (Phi) is 5.78. The van der Waals surface area contributed by atoms with Gasteiger partial charge in [-0.05, 0) is 18.7 Å². The molecule has 0 aliphatic heterocycles. The summed E-state index contributed by atoms with van der Waals surface area (Å²) in [7, 11) is 3.38. The van der Waals surface area contributed by atoms with Gasteiger partial charge in [0.25, 0.3) is 0 Å². The normalized spacial score (nSPS) is 13.8. The number of likely N-dealkylation sites (N-methyl/N-ethyl adjacent to an activating group) is 1. The van der Waals surface area contributed by atoms with Crippen LogP contribution in [0.4, 0.5) is 13.2 Å². The fourth-order valence-corrected chi connectivity index (χ4v) is 1.89. The fraction of sp³-hybridized carbons (Fsp3) is 0.538. The Bertz CT molecular complexity index is 396. The minimum Gasteiger partial charge on any atom is -0.383 e. The molecule has 0 heterocycles. The minimum atomic E-state index is -4.30. The van der Waals surface area contributed by atoms with Crippen molar-refractivity contribution in [2.75, 3.05) is 27.3 Å². The molecule has 0 saturated carbocycles. The van der Waals surface area contributed by atoms with E-state index >= 15 is 0 Å². The predicted octanol–water partition coefficient (Wildman–Crippen LogP) is 2.11. The van der Waals surface area contributed by atoms with Crippen LogP contribution in [0.2, 0.25) is 0 Å². The highest BCUT2D eigenvalue weighted by Crippen LogP contribution is 2.29. The Morgan fingerprint density at radius 3 is 2.63 bits per heavy atom. The van der Waals surface area contributed by atoms with Gasteiger partial charge < -0.3 is 15.4 Å².